The van der Waals surface area contributed by atoms with Crippen LogP contribution in [0.15, 0.2) is 65.6 Å². The number of nitrogens with two attached hydrogens (primary N) is 1. The van der Waals surface area contributed by atoms with Gasteiger partial charge < -0.3 is 10.1 Å². The van der Waals surface area contributed by atoms with Gasteiger partial charge in [0.1, 0.15) is 5.75 Å². The number of hydrogen-bond donors (Lipinski definition) is 2. The third kappa shape index (κ3) is 3.34. The zero-order chi connectivity index (χ0) is 17.2. The molecule has 0 amide bonds. The number of fused-ring (bicyclic) bond motifs is 1. The number of hydrogen-bond acceptors (Lipinski definition) is 4. The first kappa shape index (κ1) is 16.3. The molecule has 0 saturated carbocycles. The van der Waals surface area contributed by atoms with Gasteiger partial charge in [-0.05, 0) is 41.1 Å². The van der Waals surface area contributed by atoms with Crippen molar-refractivity contribution in [1.82, 2.24) is 0 Å². The minimum Gasteiger partial charge on any atom is -0.496 e. The number of nitrogens with one attached hydrogen (secondary N) is 1. The van der Waals surface area contributed by atoms with Gasteiger partial charge in [0.05, 0.1) is 12.0 Å². The van der Waals surface area contributed by atoms with Crippen molar-refractivity contribution in [2.45, 2.75) is 11.4 Å². The lowest BCUT2D eigenvalue weighted by molar-refractivity contribution is 0.411. The number of sulfonamides is 1. The summed E-state index contributed by atoms with van der Waals surface area (Å²) in [5.41, 5.74) is 1.85. The molecule has 5 nitrogen and oxygen atoms in total. The van der Waals surface area contributed by atoms with Crippen LogP contribution in [0.3, 0.4) is 0 Å². The quantitative estimate of drug-likeness (QED) is 0.746. The SMILES string of the molecule is COc1ccc2ccccc2c1CNc1ccc(S(N)(=O)=O)cc1. The second-order valence-electron chi connectivity index (χ2n) is 5.39. The summed E-state index contributed by atoms with van der Waals surface area (Å²) in [6, 6.07) is 18.4. The fraction of sp³-hybridized carbons (Fsp3) is 0.111. The molecule has 0 saturated heterocycles. The smallest absolute Gasteiger partial charge is 0.238 e. The Balaban J connectivity index is 1.88. The second-order valence-corrected chi connectivity index (χ2v) is 6.95. The summed E-state index contributed by atoms with van der Waals surface area (Å²) in [5, 5.41) is 10.7. The van der Waals surface area contributed by atoms with Crippen molar-refractivity contribution in [2.24, 2.45) is 5.14 Å². The standard InChI is InChI=1S/C18H18N2O3S/c1-23-18-11-6-13-4-2-3-5-16(13)17(18)12-20-14-7-9-15(10-8-14)24(19,21)22/h2-11,20H,12H2,1H3,(H2,19,21,22). The van der Waals surface area contributed by atoms with Crippen molar-refractivity contribution in [1.29, 1.82) is 0 Å². The van der Waals surface area contributed by atoms with E-state index in [0.29, 0.717) is 6.54 Å². The largest absolute Gasteiger partial charge is 0.496 e. The van der Waals surface area contributed by atoms with E-state index in [4.69, 9.17) is 9.88 Å². The lowest BCUT2D eigenvalue weighted by Gasteiger charge is -2.14. The van der Waals surface area contributed by atoms with E-state index in [2.05, 4.69) is 17.4 Å². The molecule has 24 heavy (non-hydrogen) atoms. The van der Waals surface area contributed by atoms with E-state index >= 15 is 0 Å². The Hall–Kier alpha value is -2.57. The van der Waals surface area contributed by atoms with Crippen LogP contribution < -0.4 is 15.2 Å². The molecule has 6 heteroatoms. The molecule has 3 rings (SSSR count). The van der Waals surface area contributed by atoms with Gasteiger partial charge in [-0.15, -0.1) is 0 Å². The fourth-order valence-electron chi connectivity index (χ4n) is 2.64. The first-order chi connectivity index (χ1) is 11.5. The van der Waals surface area contributed by atoms with Gasteiger partial charge >= 0.3 is 0 Å². The lowest BCUT2D eigenvalue weighted by Crippen LogP contribution is -2.12. The Kier molecular flexibility index (Phi) is 4.42. The highest BCUT2D eigenvalue weighted by Crippen LogP contribution is 2.28. The second kappa shape index (κ2) is 6.51. The van der Waals surface area contributed by atoms with E-state index in [-0.39, 0.29) is 4.90 Å². The van der Waals surface area contributed by atoms with Crippen LogP contribution in [0.25, 0.3) is 10.8 Å². The van der Waals surface area contributed by atoms with Crippen LogP contribution in [0.1, 0.15) is 5.56 Å². The monoisotopic (exact) mass is 342 g/mol. The van der Waals surface area contributed by atoms with Gasteiger partial charge in [0.15, 0.2) is 0 Å². The molecule has 3 N–H and O–H groups in total. The molecule has 0 fully saturated rings. The van der Waals surface area contributed by atoms with Gasteiger partial charge in [0.2, 0.25) is 10.0 Å². The number of primary sulfonamides is 1. The molecule has 0 aliphatic carbocycles. The van der Waals surface area contributed by atoms with Crippen molar-refractivity contribution >= 4 is 26.5 Å². The molecule has 3 aromatic rings. The van der Waals surface area contributed by atoms with Crippen molar-refractivity contribution in [3.05, 3.63) is 66.2 Å². The van der Waals surface area contributed by atoms with E-state index in [1.54, 1.807) is 19.2 Å². The zero-order valence-corrected chi connectivity index (χ0v) is 14.0. The molecule has 0 unspecified atom stereocenters. The van der Waals surface area contributed by atoms with E-state index < -0.39 is 10.0 Å². The molecule has 124 valence electrons. The summed E-state index contributed by atoms with van der Waals surface area (Å²) in [4.78, 5) is 0.0933. The van der Waals surface area contributed by atoms with Gasteiger partial charge in [-0.3, -0.25) is 0 Å². The zero-order valence-electron chi connectivity index (χ0n) is 13.2. The van der Waals surface area contributed by atoms with Gasteiger partial charge in [-0.1, -0.05) is 30.3 Å². The molecule has 0 spiro atoms. The highest BCUT2D eigenvalue weighted by atomic mass is 32.2. The van der Waals surface area contributed by atoms with E-state index in [0.717, 1.165) is 27.8 Å². The topological polar surface area (TPSA) is 81.4 Å². The molecule has 0 atom stereocenters. The molecule has 0 radical (unpaired) electrons. The average molecular weight is 342 g/mol. The van der Waals surface area contributed by atoms with Crippen LogP contribution in [0.5, 0.6) is 5.75 Å². The number of ether oxygens (including phenoxy) is 1. The number of methoxy groups -OCH3 is 1. The maximum Gasteiger partial charge on any atom is 0.238 e. The maximum atomic E-state index is 11.3. The normalized spacial score (nSPS) is 11.4. The van der Waals surface area contributed by atoms with Gasteiger partial charge in [-0.25, -0.2) is 13.6 Å². The average Bonchev–Trinajstić information content (AvgIpc) is 2.59. The highest BCUT2D eigenvalue weighted by Gasteiger charge is 2.09. The van der Waals surface area contributed by atoms with Gasteiger partial charge in [-0.2, -0.15) is 0 Å². The molecule has 0 aliphatic heterocycles. The predicted molar refractivity (Wildman–Crippen MR) is 95.6 cm³/mol. The third-order valence-corrected chi connectivity index (χ3v) is 4.80. The maximum absolute atomic E-state index is 11.3. The summed E-state index contributed by atoms with van der Waals surface area (Å²) in [5.74, 6) is 0.808. The highest BCUT2D eigenvalue weighted by molar-refractivity contribution is 7.89. The summed E-state index contributed by atoms with van der Waals surface area (Å²) in [7, 11) is -2.03. The molecule has 3 aromatic carbocycles. The predicted octanol–water partition coefficient (Wildman–Crippen LogP) is 3.11. The molecular formula is C18H18N2O3S. The van der Waals surface area contributed by atoms with Crippen molar-refractivity contribution in [3.63, 3.8) is 0 Å². The molecular weight excluding hydrogens is 324 g/mol. The summed E-state index contributed by atoms with van der Waals surface area (Å²) in [6.45, 7) is 0.555. The first-order valence-electron chi connectivity index (χ1n) is 7.40. The number of anilines is 1. The van der Waals surface area contributed by atoms with E-state index in [1.807, 2.05) is 24.3 Å². The number of rotatable bonds is 5. The fourth-order valence-corrected chi connectivity index (χ4v) is 3.16. The Labute approximate surface area is 141 Å². The van der Waals surface area contributed by atoms with Crippen molar-refractivity contribution in [3.8, 4) is 5.75 Å². The van der Waals surface area contributed by atoms with Gasteiger partial charge in [0, 0.05) is 17.8 Å². The Bertz CT molecular complexity index is 967. The van der Waals surface area contributed by atoms with Crippen LogP contribution in [-0.4, -0.2) is 15.5 Å². The number of benzene rings is 3. The van der Waals surface area contributed by atoms with Crippen LogP contribution in [0.2, 0.25) is 0 Å². The minimum absolute atomic E-state index is 0.0933. The minimum atomic E-state index is -3.67. The van der Waals surface area contributed by atoms with Crippen LogP contribution in [0.4, 0.5) is 5.69 Å². The van der Waals surface area contributed by atoms with Crippen LogP contribution >= 0.6 is 0 Å². The lowest BCUT2D eigenvalue weighted by atomic mass is 10.0. The summed E-state index contributed by atoms with van der Waals surface area (Å²) < 4.78 is 28.1. The summed E-state index contributed by atoms with van der Waals surface area (Å²) in [6.07, 6.45) is 0. The molecule has 0 aromatic heterocycles. The Morgan fingerprint density at radius 2 is 1.71 bits per heavy atom. The van der Waals surface area contributed by atoms with Crippen molar-refractivity contribution in [2.75, 3.05) is 12.4 Å². The van der Waals surface area contributed by atoms with Gasteiger partial charge in [0.25, 0.3) is 0 Å². The Morgan fingerprint density at radius 3 is 2.38 bits per heavy atom. The molecule has 0 heterocycles. The third-order valence-electron chi connectivity index (χ3n) is 3.87. The first-order valence-corrected chi connectivity index (χ1v) is 8.95. The molecule has 0 aliphatic rings. The summed E-state index contributed by atoms with van der Waals surface area (Å²) >= 11 is 0. The Morgan fingerprint density at radius 1 is 1.00 bits per heavy atom. The van der Waals surface area contributed by atoms with Crippen molar-refractivity contribution < 1.29 is 13.2 Å². The molecule has 0 bridgehead atoms. The van der Waals surface area contributed by atoms with Crippen LogP contribution in [0, 0.1) is 0 Å². The van der Waals surface area contributed by atoms with E-state index in [1.165, 1.54) is 12.1 Å². The van der Waals surface area contributed by atoms with Crippen LogP contribution in [-0.2, 0) is 16.6 Å². The van der Waals surface area contributed by atoms with E-state index in [9.17, 15) is 8.42 Å².